The Labute approximate surface area is 248 Å². The lowest BCUT2D eigenvalue weighted by Gasteiger charge is -2.30. The maximum absolute atomic E-state index is 13.1. The van der Waals surface area contributed by atoms with Crippen molar-refractivity contribution in [1.82, 2.24) is 25.5 Å². The monoisotopic (exact) mass is 591 g/mol. The highest BCUT2D eigenvalue weighted by Gasteiger charge is 2.25. The van der Waals surface area contributed by atoms with Crippen LogP contribution in [0.3, 0.4) is 0 Å². The average Bonchev–Trinajstić information content (AvgIpc) is 3.43. The number of aryl methyl sites for hydroxylation is 1. The van der Waals surface area contributed by atoms with Crippen LogP contribution < -0.4 is 20.7 Å². The molecule has 1 aliphatic carbocycles. The van der Waals surface area contributed by atoms with E-state index in [0.717, 1.165) is 37.1 Å². The van der Waals surface area contributed by atoms with Gasteiger partial charge in [-0.2, -0.15) is 15.1 Å². The first-order chi connectivity index (χ1) is 20.1. The Balaban J connectivity index is 1.50. The minimum Gasteiger partial charge on any atom is -0.489 e. The first-order valence-corrected chi connectivity index (χ1v) is 16.2. The minimum absolute atomic E-state index is 0.0197. The lowest BCUT2D eigenvalue weighted by atomic mass is 9.80. The topological polar surface area (TPSA) is 134 Å². The number of aromatic nitrogens is 4. The van der Waals surface area contributed by atoms with E-state index in [9.17, 15) is 8.42 Å². The summed E-state index contributed by atoms with van der Waals surface area (Å²) in [7, 11) is -1.49. The molecule has 2 aromatic carbocycles. The number of rotatable bonds is 10. The number of hydrogen-bond acceptors (Lipinski definition) is 9. The van der Waals surface area contributed by atoms with Crippen molar-refractivity contribution >= 4 is 44.0 Å². The normalized spacial score (nSPS) is 17.6. The lowest BCUT2D eigenvalue weighted by molar-refractivity contribution is 0.243. The average molecular weight is 592 g/mol. The second kappa shape index (κ2) is 12.3. The molecule has 0 unspecified atom stereocenters. The molecule has 0 atom stereocenters. The number of H-pyrrole nitrogens is 1. The Kier molecular flexibility index (Phi) is 8.70. The largest absolute Gasteiger partial charge is 0.489 e. The first kappa shape index (κ1) is 29.8. The third-order valence-electron chi connectivity index (χ3n) is 7.93. The molecule has 2 aromatic heterocycles. The Bertz CT molecular complexity index is 1660. The van der Waals surface area contributed by atoms with E-state index in [-0.39, 0.29) is 11.0 Å². The Morgan fingerprint density at radius 3 is 2.40 bits per heavy atom. The molecule has 4 aromatic rings. The Morgan fingerprint density at radius 2 is 1.71 bits per heavy atom. The maximum atomic E-state index is 13.1. The van der Waals surface area contributed by atoms with Crippen LogP contribution in [0.25, 0.3) is 11.0 Å². The highest BCUT2D eigenvalue weighted by Crippen LogP contribution is 2.40. The van der Waals surface area contributed by atoms with E-state index in [1.165, 1.54) is 11.1 Å². The SMILES string of the molecule is CNC1CCC(c2cc(OC(C)C)c(Nc3nc(Nc4ccccc4S(=O)(=O)C(C)C)c4cn[nH]c4n3)cc2C)CC1. The van der Waals surface area contributed by atoms with Gasteiger partial charge in [-0.1, -0.05) is 12.1 Å². The number of ether oxygens (including phenoxy) is 1. The number of para-hydroxylation sites is 1. The van der Waals surface area contributed by atoms with Crippen LogP contribution in [0.2, 0.25) is 0 Å². The molecular weight excluding hydrogens is 550 g/mol. The highest BCUT2D eigenvalue weighted by molar-refractivity contribution is 7.92. The summed E-state index contributed by atoms with van der Waals surface area (Å²) in [5.74, 6) is 2.00. The van der Waals surface area contributed by atoms with Crippen molar-refractivity contribution in [2.75, 3.05) is 17.7 Å². The number of nitrogens with one attached hydrogen (secondary N) is 4. The summed E-state index contributed by atoms with van der Waals surface area (Å²) in [6.07, 6.45) is 6.21. The molecule has 0 amide bonds. The molecule has 0 radical (unpaired) electrons. The standard InChI is InChI=1S/C31H41N7O3S/c1-18(2)41-27-16-23(21-11-13-22(32-6)14-12-21)20(5)15-26(27)35-31-36-29(24-17-33-38-30(24)37-31)34-25-9-7-8-10-28(25)42(39,40)19(3)4/h7-10,15-19,21-22,32H,11-14H2,1-6H3,(H3,33,34,35,36,37,38). The predicted molar refractivity (Wildman–Crippen MR) is 168 cm³/mol. The predicted octanol–water partition coefficient (Wildman–Crippen LogP) is 6.36. The fraction of sp³-hybridized carbons (Fsp3) is 0.452. The molecular formula is C31H41N7O3S. The Morgan fingerprint density at radius 1 is 0.976 bits per heavy atom. The van der Waals surface area contributed by atoms with Gasteiger partial charge in [0.25, 0.3) is 0 Å². The summed E-state index contributed by atoms with van der Waals surface area (Å²) >= 11 is 0. The van der Waals surface area contributed by atoms with Crippen molar-refractivity contribution in [3.05, 3.63) is 53.7 Å². The minimum atomic E-state index is -3.53. The molecule has 11 heteroatoms. The van der Waals surface area contributed by atoms with Crippen LogP contribution in [0.5, 0.6) is 5.75 Å². The van der Waals surface area contributed by atoms with Crippen LogP contribution in [0.4, 0.5) is 23.1 Å². The van der Waals surface area contributed by atoms with Crippen LogP contribution in [-0.4, -0.2) is 53.0 Å². The van der Waals surface area contributed by atoms with E-state index in [1.54, 1.807) is 44.3 Å². The quantitative estimate of drug-likeness (QED) is 0.166. The van der Waals surface area contributed by atoms with Crippen molar-refractivity contribution in [1.29, 1.82) is 0 Å². The van der Waals surface area contributed by atoms with Gasteiger partial charge in [-0.3, -0.25) is 5.10 Å². The van der Waals surface area contributed by atoms with Gasteiger partial charge in [-0.05, 0) is 109 Å². The van der Waals surface area contributed by atoms with Gasteiger partial charge >= 0.3 is 0 Å². The number of fused-ring (bicyclic) bond motifs is 1. The van der Waals surface area contributed by atoms with Crippen LogP contribution in [0, 0.1) is 6.92 Å². The smallest absolute Gasteiger partial charge is 0.231 e. The fourth-order valence-electron chi connectivity index (χ4n) is 5.59. The van der Waals surface area contributed by atoms with Gasteiger partial charge in [0.15, 0.2) is 15.5 Å². The fourth-order valence-corrected chi connectivity index (χ4v) is 6.79. The Hall–Kier alpha value is -3.70. The second-order valence-corrected chi connectivity index (χ2v) is 14.0. The number of aromatic amines is 1. The number of anilines is 4. The van der Waals surface area contributed by atoms with E-state index < -0.39 is 15.1 Å². The molecule has 1 fully saturated rings. The summed E-state index contributed by atoms with van der Waals surface area (Å²) in [5, 5.41) is 17.2. The van der Waals surface area contributed by atoms with Gasteiger partial charge in [-0.15, -0.1) is 0 Å². The summed E-state index contributed by atoms with van der Waals surface area (Å²) in [6, 6.07) is 11.7. The van der Waals surface area contributed by atoms with Gasteiger partial charge in [-0.25, -0.2) is 8.42 Å². The zero-order chi connectivity index (χ0) is 30.0. The molecule has 5 rings (SSSR count). The molecule has 4 N–H and O–H groups in total. The first-order valence-electron chi connectivity index (χ1n) is 14.6. The van der Waals surface area contributed by atoms with Gasteiger partial charge in [0, 0.05) is 6.04 Å². The zero-order valence-electron chi connectivity index (χ0n) is 25.2. The van der Waals surface area contributed by atoms with Gasteiger partial charge < -0.3 is 20.7 Å². The molecule has 224 valence electrons. The van der Waals surface area contributed by atoms with Crippen molar-refractivity contribution in [3.8, 4) is 5.75 Å². The number of benzene rings is 2. The highest BCUT2D eigenvalue weighted by atomic mass is 32.2. The molecule has 0 bridgehead atoms. The molecule has 42 heavy (non-hydrogen) atoms. The van der Waals surface area contributed by atoms with Gasteiger partial charge in [0.2, 0.25) is 5.95 Å². The van der Waals surface area contributed by atoms with E-state index in [1.807, 2.05) is 20.9 Å². The van der Waals surface area contributed by atoms with Crippen molar-refractivity contribution < 1.29 is 13.2 Å². The molecule has 0 spiro atoms. The van der Waals surface area contributed by atoms with Crippen LogP contribution in [0.1, 0.15) is 70.4 Å². The summed E-state index contributed by atoms with van der Waals surface area (Å²) in [6.45, 7) is 9.51. The van der Waals surface area contributed by atoms with E-state index >= 15 is 0 Å². The van der Waals surface area contributed by atoms with E-state index in [2.05, 4.69) is 50.2 Å². The van der Waals surface area contributed by atoms with Crippen LogP contribution >= 0.6 is 0 Å². The molecule has 0 aliphatic heterocycles. The molecule has 2 heterocycles. The summed E-state index contributed by atoms with van der Waals surface area (Å²) < 4.78 is 32.4. The number of nitrogens with zero attached hydrogens (tertiary/aromatic N) is 3. The molecule has 1 saturated carbocycles. The molecule has 10 nitrogen and oxygen atoms in total. The van der Waals surface area contributed by atoms with E-state index in [4.69, 9.17) is 9.72 Å². The van der Waals surface area contributed by atoms with Crippen LogP contribution in [-0.2, 0) is 9.84 Å². The summed E-state index contributed by atoms with van der Waals surface area (Å²) in [5.41, 5.74) is 4.23. The van der Waals surface area contributed by atoms with Crippen molar-refractivity contribution in [2.24, 2.45) is 0 Å². The lowest BCUT2D eigenvalue weighted by Crippen LogP contribution is -2.29. The zero-order valence-corrected chi connectivity index (χ0v) is 26.0. The summed E-state index contributed by atoms with van der Waals surface area (Å²) in [4.78, 5) is 9.63. The van der Waals surface area contributed by atoms with Gasteiger partial charge in [0.05, 0.1) is 39.2 Å². The third-order valence-corrected chi connectivity index (χ3v) is 10.1. The van der Waals surface area contributed by atoms with E-state index in [0.29, 0.717) is 40.4 Å². The second-order valence-electron chi connectivity index (χ2n) is 11.6. The van der Waals surface area contributed by atoms with Crippen molar-refractivity contribution in [2.45, 2.75) is 88.5 Å². The molecule has 0 saturated heterocycles. The van der Waals surface area contributed by atoms with Gasteiger partial charge in [0.1, 0.15) is 11.6 Å². The molecule has 1 aliphatic rings. The third kappa shape index (κ3) is 6.22. The maximum Gasteiger partial charge on any atom is 0.231 e. The van der Waals surface area contributed by atoms with Crippen LogP contribution in [0.15, 0.2) is 47.5 Å². The van der Waals surface area contributed by atoms with Crippen molar-refractivity contribution in [3.63, 3.8) is 0 Å². The number of sulfone groups is 1. The number of hydrogen-bond donors (Lipinski definition) is 4.